The number of methoxy groups -OCH3 is 1. The average molecular weight is 378 g/mol. The van der Waals surface area contributed by atoms with Crippen LogP contribution in [0.3, 0.4) is 0 Å². The molecule has 1 N–H and O–H groups in total. The Morgan fingerprint density at radius 1 is 1.30 bits per heavy atom. The van der Waals surface area contributed by atoms with Crippen LogP contribution in [0.2, 0.25) is 0 Å². The minimum atomic E-state index is -0.546. The molecule has 1 atom stereocenters. The number of nitro benzene ring substituents is 1. The standard InChI is InChI=1S/C18H26N4O5/c1-3-27-17-10-14(15(22(24)25)11-16(17)26-2)18(23)21-7-4-13(12-21)20-8-5-19-6-9-20/h10-11,13,19H,3-9,12H2,1-2H3. The van der Waals surface area contributed by atoms with Crippen LogP contribution < -0.4 is 14.8 Å². The van der Waals surface area contributed by atoms with Crippen molar-refractivity contribution in [3.8, 4) is 11.5 Å². The maximum atomic E-state index is 13.1. The number of benzene rings is 1. The lowest BCUT2D eigenvalue weighted by atomic mass is 10.1. The second-order valence-corrected chi connectivity index (χ2v) is 6.69. The Balaban J connectivity index is 1.82. The molecule has 1 unspecified atom stereocenters. The average Bonchev–Trinajstić information content (AvgIpc) is 3.18. The van der Waals surface area contributed by atoms with Crippen LogP contribution in [0.15, 0.2) is 12.1 Å². The van der Waals surface area contributed by atoms with Gasteiger partial charge in [-0.15, -0.1) is 0 Å². The maximum absolute atomic E-state index is 13.1. The number of rotatable bonds is 6. The number of likely N-dealkylation sites (tertiary alicyclic amines) is 1. The van der Waals surface area contributed by atoms with E-state index in [0.29, 0.717) is 31.5 Å². The van der Waals surface area contributed by atoms with Crippen molar-refractivity contribution in [1.82, 2.24) is 15.1 Å². The van der Waals surface area contributed by atoms with E-state index >= 15 is 0 Å². The SMILES string of the molecule is CCOc1cc(C(=O)N2CCC(N3CCNCC3)C2)c([N+](=O)[O-])cc1OC. The largest absolute Gasteiger partial charge is 0.493 e. The third-order valence-electron chi connectivity index (χ3n) is 5.13. The first kappa shape index (κ1) is 19.4. The van der Waals surface area contributed by atoms with Gasteiger partial charge in [0.15, 0.2) is 11.5 Å². The number of amides is 1. The molecule has 0 spiro atoms. The van der Waals surface area contributed by atoms with Gasteiger partial charge in [0.05, 0.1) is 24.7 Å². The summed E-state index contributed by atoms with van der Waals surface area (Å²) in [6.45, 7) is 7.19. The second-order valence-electron chi connectivity index (χ2n) is 6.69. The first-order valence-corrected chi connectivity index (χ1v) is 9.28. The van der Waals surface area contributed by atoms with Gasteiger partial charge < -0.3 is 19.7 Å². The van der Waals surface area contributed by atoms with Gasteiger partial charge in [-0.2, -0.15) is 0 Å². The van der Waals surface area contributed by atoms with Gasteiger partial charge in [-0.1, -0.05) is 0 Å². The molecule has 0 aliphatic carbocycles. The molecule has 2 saturated heterocycles. The highest BCUT2D eigenvalue weighted by atomic mass is 16.6. The molecule has 9 nitrogen and oxygen atoms in total. The van der Waals surface area contributed by atoms with Crippen molar-refractivity contribution in [3.63, 3.8) is 0 Å². The van der Waals surface area contributed by atoms with E-state index in [1.54, 1.807) is 11.8 Å². The second kappa shape index (κ2) is 8.53. The molecular weight excluding hydrogens is 352 g/mol. The maximum Gasteiger partial charge on any atom is 0.286 e. The zero-order chi connectivity index (χ0) is 19.4. The number of carbonyl (C=O) groups excluding carboxylic acids is 1. The van der Waals surface area contributed by atoms with Crippen LogP contribution in [-0.2, 0) is 0 Å². The Hall–Kier alpha value is -2.39. The quantitative estimate of drug-likeness (QED) is 0.585. The number of nitrogens with zero attached hydrogens (tertiary/aromatic N) is 3. The zero-order valence-corrected chi connectivity index (χ0v) is 15.8. The lowest BCUT2D eigenvalue weighted by Crippen LogP contribution is -2.49. The first-order chi connectivity index (χ1) is 13.0. The fraction of sp³-hybridized carbons (Fsp3) is 0.611. The molecule has 0 aromatic heterocycles. The highest BCUT2D eigenvalue weighted by Gasteiger charge is 2.34. The monoisotopic (exact) mass is 378 g/mol. The molecule has 2 fully saturated rings. The molecule has 1 aromatic rings. The van der Waals surface area contributed by atoms with Gasteiger partial charge in [0.1, 0.15) is 5.56 Å². The fourth-order valence-electron chi connectivity index (χ4n) is 3.74. The summed E-state index contributed by atoms with van der Waals surface area (Å²) in [7, 11) is 1.42. The Morgan fingerprint density at radius 2 is 2.04 bits per heavy atom. The molecule has 0 saturated carbocycles. The van der Waals surface area contributed by atoms with Gasteiger partial charge in [0.25, 0.3) is 11.6 Å². The normalized spacial score (nSPS) is 20.5. The Bertz CT molecular complexity index is 705. The van der Waals surface area contributed by atoms with Crippen molar-refractivity contribution in [2.45, 2.75) is 19.4 Å². The Kier molecular flexibility index (Phi) is 6.12. The molecular formula is C18H26N4O5. The molecule has 9 heteroatoms. The van der Waals surface area contributed by atoms with Crippen LogP contribution in [0.5, 0.6) is 11.5 Å². The van der Waals surface area contributed by atoms with Crippen molar-refractivity contribution >= 4 is 11.6 Å². The van der Waals surface area contributed by atoms with Gasteiger partial charge in [-0.25, -0.2) is 0 Å². The number of nitrogens with one attached hydrogen (secondary N) is 1. The van der Waals surface area contributed by atoms with Gasteiger partial charge >= 0.3 is 0 Å². The minimum Gasteiger partial charge on any atom is -0.493 e. The van der Waals surface area contributed by atoms with Gasteiger partial charge in [-0.3, -0.25) is 19.8 Å². The van der Waals surface area contributed by atoms with E-state index < -0.39 is 4.92 Å². The first-order valence-electron chi connectivity index (χ1n) is 9.28. The molecule has 1 amide bonds. The van der Waals surface area contributed by atoms with Crippen molar-refractivity contribution in [3.05, 3.63) is 27.8 Å². The third kappa shape index (κ3) is 4.14. The molecule has 2 aliphatic heterocycles. The molecule has 0 bridgehead atoms. The number of hydrogen-bond donors (Lipinski definition) is 1. The molecule has 2 aliphatic rings. The summed E-state index contributed by atoms with van der Waals surface area (Å²) in [5, 5.41) is 14.8. The zero-order valence-electron chi connectivity index (χ0n) is 15.8. The molecule has 1 aromatic carbocycles. The van der Waals surface area contributed by atoms with Crippen LogP contribution in [0.1, 0.15) is 23.7 Å². The van der Waals surface area contributed by atoms with E-state index in [2.05, 4.69) is 10.2 Å². The highest BCUT2D eigenvalue weighted by molar-refractivity contribution is 5.99. The van der Waals surface area contributed by atoms with Gasteiger partial charge in [0.2, 0.25) is 0 Å². The van der Waals surface area contributed by atoms with Crippen molar-refractivity contribution in [2.75, 3.05) is 53.0 Å². The highest BCUT2D eigenvalue weighted by Crippen LogP contribution is 2.36. The van der Waals surface area contributed by atoms with E-state index in [-0.39, 0.29) is 22.9 Å². The topological polar surface area (TPSA) is 97.2 Å². The summed E-state index contributed by atoms with van der Waals surface area (Å²) in [6.07, 6.45) is 0.883. The van der Waals surface area contributed by atoms with Crippen LogP contribution in [0, 0.1) is 10.1 Å². The fourth-order valence-corrected chi connectivity index (χ4v) is 3.74. The van der Waals surface area contributed by atoms with Crippen LogP contribution in [0.25, 0.3) is 0 Å². The molecule has 0 radical (unpaired) electrons. The Labute approximate surface area is 158 Å². The summed E-state index contributed by atoms with van der Waals surface area (Å²) < 4.78 is 10.7. The lowest BCUT2D eigenvalue weighted by Gasteiger charge is -2.32. The van der Waals surface area contributed by atoms with Crippen molar-refractivity contribution in [1.29, 1.82) is 0 Å². The third-order valence-corrected chi connectivity index (χ3v) is 5.13. The lowest BCUT2D eigenvalue weighted by molar-refractivity contribution is -0.385. The molecule has 2 heterocycles. The Morgan fingerprint density at radius 3 is 2.67 bits per heavy atom. The smallest absolute Gasteiger partial charge is 0.286 e. The van der Waals surface area contributed by atoms with E-state index in [4.69, 9.17) is 9.47 Å². The number of nitro groups is 1. The van der Waals surface area contributed by atoms with Gasteiger partial charge in [-0.05, 0) is 13.3 Å². The van der Waals surface area contributed by atoms with E-state index in [1.165, 1.54) is 19.2 Å². The van der Waals surface area contributed by atoms with Crippen LogP contribution >= 0.6 is 0 Å². The van der Waals surface area contributed by atoms with E-state index in [1.807, 2.05) is 0 Å². The van der Waals surface area contributed by atoms with Crippen LogP contribution in [-0.4, -0.2) is 79.7 Å². The number of ether oxygens (including phenoxy) is 2. The van der Waals surface area contributed by atoms with E-state index in [0.717, 1.165) is 32.6 Å². The molecule has 3 rings (SSSR count). The van der Waals surface area contributed by atoms with Crippen molar-refractivity contribution in [2.24, 2.45) is 0 Å². The summed E-state index contributed by atoms with van der Waals surface area (Å²) in [6, 6.07) is 3.00. The summed E-state index contributed by atoms with van der Waals surface area (Å²) >= 11 is 0. The van der Waals surface area contributed by atoms with Crippen molar-refractivity contribution < 1.29 is 19.2 Å². The molecule has 148 valence electrons. The number of carbonyl (C=O) groups is 1. The predicted molar refractivity (Wildman–Crippen MR) is 99.6 cm³/mol. The van der Waals surface area contributed by atoms with E-state index in [9.17, 15) is 14.9 Å². The predicted octanol–water partition coefficient (Wildman–Crippen LogP) is 1.12. The molecule has 27 heavy (non-hydrogen) atoms. The van der Waals surface area contributed by atoms with Gasteiger partial charge in [0, 0.05) is 51.4 Å². The minimum absolute atomic E-state index is 0.0465. The van der Waals surface area contributed by atoms with Crippen LogP contribution in [0.4, 0.5) is 5.69 Å². The summed E-state index contributed by atoms with van der Waals surface area (Å²) in [5.74, 6) is 0.259. The summed E-state index contributed by atoms with van der Waals surface area (Å²) in [5.41, 5.74) is -0.212. The summed E-state index contributed by atoms with van der Waals surface area (Å²) in [4.78, 5) is 28.1. The number of piperazine rings is 1. The number of hydrogen-bond acceptors (Lipinski definition) is 7.